The van der Waals surface area contributed by atoms with E-state index in [0.717, 1.165) is 24.2 Å². The Morgan fingerprint density at radius 1 is 1.46 bits per heavy atom. The van der Waals surface area contributed by atoms with E-state index in [-0.39, 0.29) is 0 Å². The van der Waals surface area contributed by atoms with Crippen LogP contribution < -0.4 is 5.73 Å². The van der Waals surface area contributed by atoms with Crippen molar-refractivity contribution in [3.8, 4) is 0 Å². The van der Waals surface area contributed by atoms with Gasteiger partial charge in [-0.05, 0) is 12.8 Å². The third-order valence-corrected chi connectivity index (χ3v) is 2.77. The Bertz CT molecular complexity index is 332. The summed E-state index contributed by atoms with van der Waals surface area (Å²) >= 11 is 0. The van der Waals surface area contributed by atoms with Crippen molar-refractivity contribution in [1.29, 1.82) is 0 Å². The van der Waals surface area contributed by atoms with Crippen molar-refractivity contribution in [2.24, 2.45) is 0 Å². The van der Waals surface area contributed by atoms with E-state index in [1.54, 1.807) is 6.26 Å². The molecule has 2 N–H and O–H groups in total. The van der Waals surface area contributed by atoms with Gasteiger partial charge in [0.25, 0.3) is 0 Å². The zero-order valence-corrected chi connectivity index (χ0v) is 9.02. The number of hydrogen-bond acceptors (Lipinski definition) is 3. The fraction of sp³-hybridized carbons (Fsp3) is 0.625. The van der Waals surface area contributed by atoms with Crippen LogP contribution in [0.2, 0.25) is 0 Å². The van der Waals surface area contributed by atoms with Gasteiger partial charge in [-0.2, -0.15) is 9.19 Å². The lowest BCUT2D eigenvalue weighted by atomic mass is 10.2. The summed E-state index contributed by atoms with van der Waals surface area (Å²) in [5.74, 6) is 0. The van der Waals surface area contributed by atoms with Gasteiger partial charge in [-0.3, -0.25) is 0 Å². The Morgan fingerprint density at radius 2 is 2.08 bits per heavy atom. The molecule has 1 unspecified atom stereocenters. The van der Waals surface area contributed by atoms with Crippen LogP contribution >= 0.6 is 0 Å². The SMILES string of the molecule is CCc1nn(S(C)=O)c(CC)c1N. The number of nitrogens with two attached hydrogens (primary N) is 1. The highest BCUT2D eigenvalue weighted by molar-refractivity contribution is 7.82. The molecule has 0 aliphatic heterocycles. The van der Waals surface area contributed by atoms with Gasteiger partial charge in [-0.1, -0.05) is 13.8 Å². The van der Waals surface area contributed by atoms with E-state index < -0.39 is 11.0 Å². The number of rotatable bonds is 3. The zero-order valence-electron chi connectivity index (χ0n) is 8.20. The zero-order chi connectivity index (χ0) is 10.0. The summed E-state index contributed by atoms with van der Waals surface area (Å²) in [4.78, 5) is 0. The van der Waals surface area contributed by atoms with Crippen molar-refractivity contribution >= 4 is 16.7 Å². The van der Waals surface area contributed by atoms with E-state index in [9.17, 15) is 4.21 Å². The minimum absolute atomic E-state index is 0.695. The standard InChI is InChI=1S/C8H15N3OS/c1-4-6-8(9)7(5-2)11(10-6)13(3)12/h4-5,9H2,1-3H3. The predicted molar refractivity (Wildman–Crippen MR) is 54.9 cm³/mol. The number of hydrogen-bond donors (Lipinski definition) is 1. The molecule has 4 nitrogen and oxygen atoms in total. The van der Waals surface area contributed by atoms with Crippen LogP contribution in [-0.4, -0.2) is 19.7 Å². The third-order valence-electron chi connectivity index (χ3n) is 1.98. The third kappa shape index (κ3) is 1.75. The molecule has 0 spiro atoms. The van der Waals surface area contributed by atoms with Gasteiger partial charge >= 0.3 is 0 Å². The van der Waals surface area contributed by atoms with Gasteiger partial charge in [-0.25, -0.2) is 4.21 Å². The number of nitrogens with zero attached hydrogens (tertiary/aromatic N) is 2. The molecule has 1 aromatic rings. The second-order valence-electron chi connectivity index (χ2n) is 2.81. The molecule has 1 heterocycles. The molecule has 0 fully saturated rings. The summed E-state index contributed by atoms with van der Waals surface area (Å²) in [5, 5.41) is 4.19. The molecular weight excluding hydrogens is 186 g/mol. The number of anilines is 1. The van der Waals surface area contributed by atoms with Crippen molar-refractivity contribution in [3.05, 3.63) is 11.4 Å². The van der Waals surface area contributed by atoms with Crippen LogP contribution in [0.4, 0.5) is 5.69 Å². The van der Waals surface area contributed by atoms with Gasteiger partial charge in [0.05, 0.1) is 17.1 Å². The summed E-state index contributed by atoms with van der Waals surface area (Å²) in [7, 11) is -1.11. The molecule has 5 heteroatoms. The quantitative estimate of drug-likeness (QED) is 0.784. The molecule has 13 heavy (non-hydrogen) atoms. The van der Waals surface area contributed by atoms with E-state index in [4.69, 9.17) is 5.73 Å². The van der Waals surface area contributed by atoms with Crippen molar-refractivity contribution in [1.82, 2.24) is 9.19 Å². The monoisotopic (exact) mass is 201 g/mol. The van der Waals surface area contributed by atoms with Gasteiger partial charge in [0.1, 0.15) is 11.0 Å². The normalized spacial score (nSPS) is 13.2. The number of aromatic nitrogens is 2. The molecule has 1 atom stereocenters. The highest BCUT2D eigenvalue weighted by atomic mass is 32.2. The first kappa shape index (κ1) is 10.2. The average molecular weight is 201 g/mol. The van der Waals surface area contributed by atoms with E-state index in [1.807, 2.05) is 13.8 Å². The van der Waals surface area contributed by atoms with E-state index >= 15 is 0 Å². The number of nitrogen functional groups attached to an aromatic ring is 1. The van der Waals surface area contributed by atoms with E-state index in [1.165, 1.54) is 4.09 Å². The fourth-order valence-corrected chi connectivity index (χ4v) is 2.04. The van der Waals surface area contributed by atoms with Gasteiger partial charge < -0.3 is 5.73 Å². The topological polar surface area (TPSA) is 60.9 Å². The van der Waals surface area contributed by atoms with E-state index in [0.29, 0.717) is 5.69 Å². The van der Waals surface area contributed by atoms with Crippen molar-refractivity contribution in [2.45, 2.75) is 26.7 Å². The average Bonchev–Trinajstić information content (AvgIpc) is 2.42. The summed E-state index contributed by atoms with van der Waals surface area (Å²) < 4.78 is 12.8. The Kier molecular flexibility index (Phi) is 3.08. The number of aryl methyl sites for hydroxylation is 1. The Hall–Kier alpha value is -0.840. The van der Waals surface area contributed by atoms with Crippen LogP contribution in [0.25, 0.3) is 0 Å². The van der Waals surface area contributed by atoms with Crippen molar-refractivity contribution in [3.63, 3.8) is 0 Å². The van der Waals surface area contributed by atoms with Crippen molar-refractivity contribution < 1.29 is 4.21 Å². The summed E-state index contributed by atoms with van der Waals surface area (Å²) in [6.45, 7) is 3.97. The summed E-state index contributed by atoms with van der Waals surface area (Å²) in [5.41, 5.74) is 8.25. The molecule has 0 bridgehead atoms. The highest BCUT2D eigenvalue weighted by Crippen LogP contribution is 2.18. The van der Waals surface area contributed by atoms with Gasteiger partial charge in [0.2, 0.25) is 0 Å². The molecule has 0 aliphatic rings. The fourth-order valence-electron chi connectivity index (χ4n) is 1.29. The molecule has 74 valence electrons. The maximum Gasteiger partial charge on any atom is 0.137 e. The highest BCUT2D eigenvalue weighted by Gasteiger charge is 2.13. The van der Waals surface area contributed by atoms with Crippen molar-refractivity contribution in [2.75, 3.05) is 12.0 Å². The molecule has 0 saturated carbocycles. The molecule has 0 radical (unpaired) electrons. The van der Waals surface area contributed by atoms with Crippen LogP contribution in [0.1, 0.15) is 25.2 Å². The second kappa shape index (κ2) is 3.91. The molecule has 0 aromatic carbocycles. The molecule has 0 amide bonds. The first-order chi connectivity index (χ1) is 6.11. The Balaban J connectivity index is 3.27. The molecule has 0 saturated heterocycles. The molecular formula is C8H15N3OS. The van der Waals surface area contributed by atoms with Crippen LogP contribution in [-0.2, 0) is 23.8 Å². The molecule has 0 aliphatic carbocycles. The van der Waals surface area contributed by atoms with Gasteiger partial charge in [-0.15, -0.1) is 0 Å². The minimum Gasteiger partial charge on any atom is -0.396 e. The summed E-state index contributed by atoms with van der Waals surface area (Å²) in [6, 6.07) is 0. The minimum atomic E-state index is -1.11. The van der Waals surface area contributed by atoms with Gasteiger partial charge in [0.15, 0.2) is 0 Å². The second-order valence-corrected chi connectivity index (χ2v) is 4.00. The summed E-state index contributed by atoms with van der Waals surface area (Å²) in [6.07, 6.45) is 3.15. The predicted octanol–water partition coefficient (Wildman–Crippen LogP) is 0.732. The Morgan fingerprint density at radius 3 is 2.38 bits per heavy atom. The van der Waals surface area contributed by atoms with E-state index in [2.05, 4.69) is 5.10 Å². The molecule has 1 rings (SSSR count). The van der Waals surface area contributed by atoms with Crippen LogP contribution in [0.3, 0.4) is 0 Å². The maximum atomic E-state index is 11.3. The lowest BCUT2D eigenvalue weighted by Crippen LogP contribution is -2.08. The Labute approximate surface area is 80.7 Å². The van der Waals surface area contributed by atoms with Crippen LogP contribution in [0.15, 0.2) is 0 Å². The van der Waals surface area contributed by atoms with Crippen LogP contribution in [0.5, 0.6) is 0 Å². The smallest absolute Gasteiger partial charge is 0.137 e. The first-order valence-electron chi connectivity index (χ1n) is 4.31. The largest absolute Gasteiger partial charge is 0.396 e. The van der Waals surface area contributed by atoms with Gasteiger partial charge in [0, 0.05) is 6.26 Å². The maximum absolute atomic E-state index is 11.3. The van der Waals surface area contributed by atoms with Crippen LogP contribution in [0, 0.1) is 0 Å². The lowest BCUT2D eigenvalue weighted by molar-refractivity contribution is 0.671. The molecule has 1 aromatic heterocycles. The lowest BCUT2D eigenvalue weighted by Gasteiger charge is -2.00. The first-order valence-corrected chi connectivity index (χ1v) is 5.83.